The van der Waals surface area contributed by atoms with E-state index in [0.29, 0.717) is 22.1 Å². The maximum atomic E-state index is 4.63. The van der Waals surface area contributed by atoms with Crippen molar-refractivity contribution in [3.05, 3.63) is 132 Å². The summed E-state index contributed by atoms with van der Waals surface area (Å²) in [5.41, 5.74) is 17.2. The molecule has 5 aromatic rings. The van der Waals surface area contributed by atoms with Crippen LogP contribution >= 0.6 is 0 Å². The molecular weight excluding hydrogens is 448 g/mol. The number of hydrogen-bond acceptors (Lipinski definition) is 8. The molecule has 0 spiro atoms. The summed E-state index contributed by atoms with van der Waals surface area (Å²) in [6, 6.07) is 38.8. The second-order valence-corrected chi connectivity index (χ2v) is 7.75. The maximum absolute atomic E-state index is 4.63. The van der Waals surface area contributed by atoms with Gasteiger partial charge < -0.3 is 5.43 Å². The van der Waals surface area contributed by atoms with E-state index in [-0.39, 0.29) is 0 Å². The minimum atomic E-state index is 0.569. The van der Waals surface area contributed by atoms with E-state index in [1.54, 1.807) is 0 Å². The van der Waals surface area contributed by atoms with Gasteiger partial charge in [0.05, 0.1) is 22.7 Å². The largest absolute Gasteiger partial charge is 0.301 e. The molecule has 176 valence electrons. The van der Waals surface area contributed by atoms with Crippen LogP contribution in [0.4, 0.5) is 34.1 Å². The van der Waals surface area contributed by atoms with Crippen LogP contribution in [-0.2, 0) is 0 Å². The Balaban J connectivity index is 1.55. The van der Waals surface area contributed by atoms with Crippen LogP contribution in [0.3, 0.4) is 0 Å². The van der Waals surface area contributed by atoms with Crippen molar-refractivity contribution < 1.29 is 0 Å². The van der Waals surface area contributed by atoms with Crippen molar-refractivity contribution in [2.75, 3.05) is 21.7 Å². The fraction of sp³-hybridized carbons (Fsp3) is 0. The van der Waals surface area contributed by atoms with Gasteiger partial charge in [0, 0.05) is 0 Å². The molecule has 0 aliphatic carbocycles. The van der Waals surface area contributed by atoms with E-state index >= 15 is 0 Å². The van der Waals surface area contributed by atoms with Crippen molar-refractivity contribution in [1.29, 1.82) is 0 Å². The van der Waals surface area contributed by atoms with Crippen LogP contribution in [-0.4, -0.2) is 0 Å². The average molecular weight is 473 g/mol. The smallest absolute Gasteiger partial charge is 0.143 e. The van der Waals surface area contributed by atoms with Crippen molar-refractivity contribution in [3.8, 4) is 0 Å². The topological polar surface area (TPSA) is 97.6 Å². The number of hydrogen-bond donors (Lipinski definition) is 4. The first-order valence-electron chi connectivity index (χ1n) is 11.4. The summed E-state index contributed by atoms with van der Waals surface area (Å²) in [6.45, 7) is 0. The Morgan fingerprint density at radius 1 is 0.417 bits per heavy atom. The van der Waals surface area contributed by atoms with Gasteiger partial charge in [-0.05, 0) is 48.5 Å². The van der Waals surface area contributed by atoms with E-state index in [0.717, 1.165) is 22.7 Å². The Morgan fingerprint density at radius 3 is 1.44 bits per heavy atom. The molecule has 0 unspecified atom stereocenters. The number of anilines is 4. The number of nitrogens with zero attached hydrogens (tertiary/aromatic N) is 4. The van der Waals surface area contributed by atoms with Crippen LogP contribution in [0.2, 0.25) is 0 Å². The summed E-state index contributed by atoms with van der Waals surface area (Å²) >= 11 is 0. The third-order valence-electron chi connectivity index (χ3n) is 5.19. The monoisotopic (exact) mass is 472 g/mol. The predicted molar refractivity (Wildman–Crippen MR) is 144 cm³/mol. The van der Waals surface area contributed by atoms with Crippen LogP contribution in [0.1, 0.15) is 0 Å². The van der Waals surface area contributed by atoms with Crippen LogP contribution in [0.25, 0.3) is 0 Å². The Bertz CT molecular complexity index is 1510. The van der Waals surface area contributed by atoms with Crippen molar-refractivity contribution in [2.45, 2.75) is 0 Å². The molecule has 0 fully saturated rings. The van der Waals surface area contributed by atoms with Gasteiger partial charge in [-0.2, -0.15) is 15.3 Å². The van der Waals surface area contributed by atoms with Crippen LogP contribution in [0.5, 0.6) is 0 Å². The van der Waals surface area contributed by atoms with Crippen molar-refractivity contribution in [2.24, 2.45) is 20.4 Å². The quantitative estimate of drug-likeness (QED) is 0.150. The molecule has 36 heavy (non-hydrogen) atoms. The Labute approximate surface area is 208 Å². The zero-order valence-corrected chi connectivity index (χ0v) is 19.3. The molecule has 0 saturated heterocycles. The molecule has 0 amide bonds. The first kappa shape index (κ1) is 22.5. The summed E-state index contributed by atoms with van der Waals surface area (Å²) in [5.74, 6) is 0. The summed E-state index contributed by atoms with van der Waals surface area (Å²) in [5, 5.41) is 19.3. The minimum Gasteiger partial charge on any atom is -0.301 e. The van der Waals surface area contributed by atoms with Crippen molar-refractivity contribution >= 4 is 34.1 Å². The van der Waals surface area contributed by atoms with Gasteiger partial charge in [-0.3, -0.25) is 16.3 Å². The van der Waals surface area contributed by atoms with Gasteiger partial charge in [0.15, 0.2) is 0 Å². The Hall–Kier alpha value is -5.24. The molecular formula is C28H24N8. The van der Waals surface area contributed by atoms with E-state index in [1.807, 2.05) is 121 Å². The number of para-hydroxylation sites is 3. The predicted octanol–water partition coefficient (Wildman–Crippen LogP) is 6.27. The SMILES string of the molecule is c1ccc(N=Nc2c(NNc3ccccc3)c(=NNc3ccccc3)/c2=N/Nc2ccccc2)cc1. The van der Waals surface area contributed by atoms with E-state index in [1.165, 1.54) is 0 Å². The highest BCUT2D eigenvalue weighted by atomic mass is 15.4. The molecule has 5 rings (SSSR count). The lowest BCUT2D eigenvalue weighted by molar-refractivity contribution is 1.06. The zero-order valence-electron chi connectivity index (χ0n) is 19.3. The average Bonchev–Trinajstić information content (AvgIpc) is 2.94. The van der Waals surface area contributed by atoms with Crippen LogP contribution in [0.15, 0.2) is 142 Å². The molecule has 0 aliphatic rings. The van der Waals surface area contributed by atoms with Gasteiger partial charge >= 0.3 is 0 Å². The highest BCUT2D eigenvalue weighted by molar-refractivity contribution is 5.72. The summed E-state index contributed by atoms with van der Waals surface area (Å²) in [6.07, 6.45) is 0. The fourth-order valence-corrected chi connectivity index (χ4v) is 3.35. The van der Waals surface area contributed by atoms with Gasteiger partial charge in [0.1, 0.15) is 22.1 Å². The van der Waals surface area contributed by atoms with E-state index in [2.05, 4.69) is 42.1 Å². The standard InChI is InChI=1S/C28H24N8/c1-5-13-21(14-6-1)29-33-25-26(34-30-22-15-7-2-8-16-22)28(36-32-24-19-11-4-12-20-24)27(25)35-31-23-17-9-3-10-18-23/h1-20,29-31,34H/b33-25?,35-27-,36-32?. The molecule has 0 bridgehead atoms. The Morgan fingerprint density at radius 2 is 0.889 bits per heavy atom. The molecule has 0 aromatic heterocycles. The molecule has 0 saturated carbocycles. The van der Waals surface area contributed by atoms with E-state index in [9.17, 15) is 0 Å². The molecule has 8 nitrogen and oxygen atoms in total. The van der Waals surface area contributed by atoms with Gasteiger partial charge in [0.25, 0.3) is 0 Å². The van der Waals surface area contributed by atoms with Crippen molar-refractivity contribution in [1.82, 2.24) is 0 Å². The van der Waals surface area contributed by atoms with Gasteiger partial charge in [-0.15, -0.1) is 5.11 Å². The minimum absolute atomic E-state index is 0.569. The fourth-order valence-electron chi connectivity index (χ4n) is 3.35. The van der Waals surface area contributed by atoms with Gasteiger partial charge in [-0.25, -0.2) is 0 Å². The normalized spacial score (nSPS) is 12.1. The summed E-state index contributed by atoms with van der Waals surface area (Å²) < 4.78 is 0. The highest BCUT2D eigenvalue weighted by Crippen LogP contribution is 2.23. The summed E-state index contributed by atoms with van der Waals surface area (Å²) in [7, 11) is 0. The second-order valence-electron chi connectivity index (χ2n) is 7.75. The third-order valence-corrected chi connectivity index (χ3v) is 5.19. The lowest BCUT2D eigenvalue weighted by Crippen LogP contribution is -2.39. The second kappa shape index (κ2) is 11.3. The zero-order chi connectivity index (χ0) is 24.4. The molecule has 5 aromatic carbocycles. The lowest BCUT2D eigenvalue weighted by atomic mass is 10.2. The molecule has 8 heteroatoms. The first-order valence-corrected chi connectivity index (χ1v) is 11.4. The molecule has 4 N–H and O–H groups in total. The van der Waals surface area contributed by atoms with Crippen LogP contribution in [0, 0.1) is 0 Å². The molecule has 0 radical (unpaired) electrons. The Kier molecular flexibility index (Phi) is 7.05. The number of nitrogens with one attached hydrogen (secondary N) is 4. The molecule has 0 aliphatic heterocycles. The molecule has 0 heterocycles. The first-order chi connectivity index (χ1) is 17.9. The number of benzene rings is 4. The van der Waals surface area contributed by atoms with Crippen molar-refractivity contribution in [3.63, 3.8) is 0 Å². The highest BCUT2D eigenvalue weighted by Gasteiger charge is 2.18. The maximum Gasteiger partial charge on any atom is 0.143 e. The summed E-state index contributed by atoms with van der Waals surface area (Å²) in [4.78, 5) is 0. The third kappa shape index (κ3) is 5.63. The van der Waals surface area contributed by atoms with Gasteiger partial charge in [0.2, 0.25) is 0 Å². The van der Waals surface area contributed by atoms with E-state index < -0.39 is 0 Å². The lowest BCUT2D eigenvalue weighted by Gasteiger charge is -2.16. The number of rotatable bonds is 9. The number of azo groups is 1. The number of hydrazine groups is 1. The van der Waals surface area contributed by atoms with Crippen LogP contribution < -0.4 is 32.4 Å². The van der Waals surface area contributed by atoms with Gasteiger partial charge in [-0.1, -0.05) is 72.8 Å². The van der Waals surface area contributed by atoms with E-state index in [4.69, 9.17) is 0 Å². The molecule has 0 atom stereocenters.